The van der Waals surface area contributed by atoms with E-state index in [0.29, 0.717) is 17.0 Å². The minimum Gasteiger partial charge on any atom is -0.457 e. The van der Waals surface area contributed by atoms with Crippen LogP contribution in [0.5, 0.6) is 0 Å². The first-order chi connectivity index (χ1) is 12.2. The van der Waals surface area contributed by atoms with Crippen LogP contribution in [-0.2, 0) is 4.79 Å². The number of nitrogens with zero attached hydrogens (tertiary/aromatic N) is 2. The minimum atomic E-state index is -0.152. The van der Waals surface area contributed by atoms with Gasteiger partial charge in [0.15, 0.2) is 0 Å². The summed E-state index contributed by atoms with van der Waals surface area (Å²) < 4.78 is 5.87. The SMILES string of the molecule is CC1=NN(c2ccccc2)C(=O)C1=Cc1ccc(-c2ccccc2)o1. The van der Waals surface area contributed by atoms with Crippen LogP contribution in [0.2, 0.25) is 0 Å². The summed E-state index contributed by atoms with van der Waals surface area (Å²) in [4.78, 5) is 12.7. The second-order valence-electron chi connectivity index (χ2n) is 5.76. The highest BCUT2D eigenvalue weighted by atomic mass is 16.3. The molecule has 0 spiro atoms. The number of hydrogen-bond acceptors (Lipinski definition) is 3. The summed E-state index contributed by atoms with van der Waals surface area (Å²) in [6.07, 6.45) is 1.75. The molecule has 1 aromatic heterocycles. The van der Waals surface area contributed by atoms with Crippen molar-refractivity contribution >= 4 is 23.4 Å². The molecule has 25 heavy (non-hydrogen) atoms. The lowest BCUT2D eigenvalue weighted by molar-refractivity contribution is -0.114. The summed E-state index contributed by atoms with van der Waals surface area (Å²) in [5.74, 6) is 1.25. The largest absolute Gasteiger partial charge is 0.457 e. The number of carbonyl (C=O) groups is 1. The van der Waals surface area contributed by atoms with E-state index in [0.717, 1.165) is 17.0 Å². The summed E-state index contributed by atoms with van der Waals surface area (Å²) in [7, 11) is 0. The number of hydrazone groups is 1. The topological polar surface area (TPSA) is 45.8 Å². The third-order valence-corrected chi connectivity index (χ3v) is 4.04. The molecule has 0 fully saturated rings. The zero-order valence-electron chi connectivity index (χ0n) is 13.7. The Morgan fingerprint density at radius 3 is 2.32 bits per heavy atom. The highest BCUT2D eigenvalue weighted by Gasteiger charge is 2.28. The first kappa shape index (κ1) is 15.1. The monoisotopic (exact) mass is 328 g/mol. The van der Waals surface area contributed by atoms with Crippen molar-refractivity contribution in [3.8, 4) is 11.3 Å². The van der Waals surface area contributed by atoms with Gasteiger partial charge in [-0.3, -0.25) is 4.79 Å². The molecule has 0 saturated heterocycles. The number of amides is 1. The van der Waals surface area contributed by atoms with Gasteiger partial charge in [-0.05, 0) is 37.3 Å². The fraction of sp³-hybridized carbons (Fsp3) is 0.0476. The second kappa shape index (κ2) is 6.24. The van der Waals surface area contributed by atoms with Crippen LogP contribution >= 0.6 is 0 Å². The average molecular weight is 328 g/mol. The smallest absolute Gasteiger partial charge is 0.280 e. The van der Waals surface area contributed by atoms with Crippen LogP contribution in [0.1, 0.15) is 12.7 Å². The molecule has 3 aromatic rings. The quantitative estimate of drug-likeness (QED) is 0.651. The first-order valence-corrected chi connectivity index (χ1v) is 8.04. The lowest BCUT2D eigenvalue weighted by Crippen LogP contribution is -2.21. The number of hydrogen-bond donors (Lipinski definition) is 0. The third kappa shape index (κ3) is 2.90. The van der Waals surface area contributed by atoms with Crippen LogP contribution in [0.15, 0.2) is 87.9 Å². The summed E-state index contributed by atoms with van der Waals surface area (Å²) in [5.41, 5.74) is 2.96. The first-order valence-electron chi connectivity index (χ1n) is 8.04. The van der Waals surface area contributed by atoms with Gasteiger partial charge in [-0.1, -0.05) is 48.5 Å². The summed E-state index contributed by atoms with van der Waals surface area (Å²) in [6, 6.07) is 23.0. The van der Waals surface area contributed by atoms with Crippen LogP contribution < -0.4 is 5.01 Å². The van der Waals surface area contributed by atoms with Gasteiger partial charge in [0.1, 0.15) is 11.5 Å². The van der Waals surface area contributed by atoms with Gasteiger partial charge in [0.25, 0.3) is 5.91 Å². The van der Waals surface area contributed by atoms with E-state index < -0.39 is 0 Å². The number of benzene rings is 2. The fourth-order valence-corrected chi connectivity index (χ4v) is 2.76. The standard InChI is InChI=1S/C21H16N2O2/c1-15-19(21(24)23(22-15)17-10-6-3-7-11-17)14-18-12-13-20(25-18)16-8-4-2-5-9-16/h2-14H,1H3. The molecule has 2 aromatic carbocycles. The van der Waals surface area contributed by atoms with Crippen molar-refractivity contribution in [1.82, 2.24) is 0 Å². The molecule has 1 aliphatic heterocycles. The maximum absolute atomic E-state index is 12.7. The van der Waals surface area contributed by atoms with Gasteiger partial charge in [-0.2, -0.15) is 10.1 Å². The highest BCUT2D eigenvalue weighted by molar-refractivity contribution is 6.32. The molecule has 1 amide bonds. The van der Waals surface area contributed by atoms with Crippen molar-refractivity contribution in [2.75, 3.05) is 5.01 Å². The number of para-hydroxylation sites is 1. The van der Waals surface area contributed by atoms with Crippen LogP contribution in [0.3, 0.4) is 0 Å². The van der Waals surface area contributed by atoms with E-state index in [2.05, 4.69) is 5.10 Å². The molecule has 4 heteroatoms. The minimum absolute atomic E-state index is 0.152. The van der Waals surface area contributed by atoms with E-state index in [1.807, 2.05) is 79.7 Å². The highest BCUT2D eigenvalue weighted by Crippen LogP contribution is 2.27. The number of furan rings is 1. The van der Waals surface area contributed by atoms with E-state index >= 15 is 0 Å². The van der Waals surface area contributed by atoms with Gasteiger partial charge in [0.05, 0.1) is 17.0 Å². The van der Waals surface area contributed by atoms with Crippen molar-refractivity contribution in [2.45, 2.75) is 6.92 Å². The zero-order valence-corrected chi connectivity index (χ0v) is 13.7. The average Bonchev–Trinajstić information content (AvgIpc) is 3.23. The van der Waals surface area contributed by atoms with Crippen molar-refractivity contribution < 1.29 is 9.21 Å². The number of carbonyl (C=O) groups excluding carboxylic acids is 1. The predicted octanol–water partition coefficient (Wildman–Crippen LogP) is 4.75. The van der Waals surface area contributed by atoms with Gasteiger partial charge in [-0.25, -0.2) is 0 Å². The maximum atomic E-state index is 12.7. The van der Waals surface area contributed by atoms with Crippen LogP contribution in [0.25, 0.3) is 17.4 Å². The van der Waals surface area contributed by atoms with Crippen molar-refractivity contribution in [3.63, 3.8) is 0 Å². The molecule has 0 unspecified atom stereocenters. The molecule has 2 heterocycles. The van der Waals surface area contributed by atoms with E-state index in [4.69, 9.17) is 4.42 Å². The predicted molar refractivity (Wildman–Crippen MR) is 99.2 cm³/mol. The molecular formula is C21H16N2O2. The molecule has 0 N–H and O–H groups in total. The van der Waals surface area contributed by atoms with Gasteiger partial charge >= 0.3 is 0 Å². The molecule has 0 bridgehead atoms. The zero-order chi connectivity index (χ0) is 17.2. The van der Waals surface area contributed by atoms with Crippen LogP contribution in [0, 0.1) is 0 Å². The van der Waals surface area contributed by atoms with Gasteiger partial charge < -0.3 is 4.42 Å². The second-order valence-corrected chi connectivity index (χ2v) is 5.76. The van der Waals surface area contributed by atoms with Crippen molar-refractivity contribution in [2.24, 2.45) is 5.10 Å². The molecule has 0 radical (unpaired) electrons. The Morgan fingerprint density at radius 1 is 0.920 bits per heavy atom. The lowest BCUT2D eigenvalue weighted by atomic mass is 10.1. The number of rotatable bonds is 3. The molecule has 4 rings (SSSR count). The Labute approximate surface area is 145 Å². The molecule has 0 atom stereocenters. The Morgan fingerprint density at radius 2 is 1.60 bits per heavy atom. The summed E-state index contributed by atoms with van der Waals surface area (Å²) >= 11 is 0. The van der Waals surface area contributed by atoms with Gasteiger partial charge in [0, 0.05) is 5.56 Å². The molecule has 4 nitrogen and oxygen atoms in total. The Hall–Kier alpha value is -3.40. The van der Waals surface area contributed by atoms with Crippen molar-refractivity contribution in [3.05, 3.63) is 84.1 Å². The maximum Gasteiger partial charge on any atom is 0.280 e. The molecule has 0 aliphatic carbocycles. The molecule has 122 valence electrons. The third-order valence-electron chi connectivity index (χ3n) is 4.04. The Bertz CT molecular complexity index is 969. The van der Waals surface area contributed by atoms with Gasteiger partial charge in [0.2, 0.25) is 0 Å². The Kier molecular flexibility index (Phi) is 3.78. The van der Waals surface area contributed by atoms with Crippen molar-refractivity contribution in [1.29, 1.82) is 0 Å². The van der Waals surface area contributed by atoms with Crippen LogP contribution in [0.4, 0.5) is 5.69 Å². The van der Waals surface area contributed by atoms with E-state index in [-0.39, 0.29) is 5.91 Å². The lowest BCUT2D eigenvalue weighted by Gasteiger charge is -2.10. The normalized spacial score (nSPS) is 15.7. The Balaban J connectivity index is 1.63. The number of anilines is 1. The summed E-state index contributed by atoms with van der Waals surface area (Å²) in [5, 5.41) is 5.79. The summed E-state index contributed by atoms with van der Waals surface area (Å²) in [6.45, 7) is 1.83. The van der Waals surface area contributed by atoms with E-state index in [1.165, 1.54) is 5.01 Å². The molecular weight excluding hydrogens is 312 g/mol. The van der Waals surface area contributed by atoms with E-state index in [9.17, 15) is 4.79 Å². The molecule has 0 saturated carbocycles. The fourth-order valence-electron chi connectivity index (χ4n) is 2.76. The molecule has 1 aliphatic rings. The van der Waals surface area contributed by atoms with E-state index in [1.54, 1.807) is 6.08 Å². The van der Waals surface area contributed by atoms with Gasteiger partial charge in [-0.15, -0.1) is 0 Å². The van der Waals surface area contributed by atoms with Crippen LogP contribution in [-0.4, -0.2) is 11.6 Å².